The Balaban J connectivity index is 4.81. The first kappa shape index (κ1) is 70.4. The number of hydrogen-bond donors (Lipinski definition) is 2. The second-order valence-electron chi connectivity index (χ2n) is 19.1. The molecule has 0 aliphatic carbocycles. The van der Waals surface area contributed by atoms with E-state index in [1.54, 1.807) is 0 Å². The molecule has 0 saturated carbocycles. The highest BCUT2D eigenvalue weighted by molar-refractivity contribution is 7.47. The third-order valence-corrected chi connectivity index (χ3v) is 12.9. The average Bonchev–Trinajstić information content (AvgIpc) is 3.39. The zero-order valence-electron chi connectivity index (χ0n) is 46.8. The van der Waals surface area contributed by atoms with Gasteiger partial charge in [0.05, 0.1) is 19.8 Å². The molecule has 0 aliphatic rings. The zero-order chi connectivity index (χ0) is 54.1. The number of unbranched alkanes of at least 4 members (excludes halogenated alkanes) is 20. The van der Waals surface area contributed by atoms with Gasteiger partial charge in [0.2, 0.25) is 0 Å². The van der Waals surface area contributed by atoms with Crippen LogP contribution in [-0.2, 0) is 42.2 Å². The van der Waals surface area contributed by atoms with Crippen LogP contribution in [0.4, 0.5) is 0 Å². The molecule has 0 saturated heterocycles. The fourth-order valence-corrected chi connectivity index (χ4v) is 8.33. The molecule has 3 unspecified atom stereocenters. The first-order chi connectivity index (χ1) is 36.2. The van der Waals surface area contributed by atoms with Gasteiger partial charge in [-0.05, 0) is 109 Å². The van der Waals surface area contributed by atoms with Crippen LogP contribution in [0.3, 0.4) is 0 Å². The molecule has 0 fully saturated rings. The van der Waals surface area contributed by atoms with Crippen molar-refractivity contribution in [2.75, 3.05) is 26.4 Å². The van der Waals surface area contributed by atoms with E-state index in [1.165, 1.54) is 77.0 Å². The molecule has 12 heteroatoms. The molecule has 11 nitrogen and oxygen atoms in total. The summed E-state index contributed by atoms with van der Waals surface area (Å²) in [5.41, 5.74) is 0. The molecule has 0 aromatic carbocycles. The summed E-state index contributed by atoms with van der Waals surface area (Å²) in [6, 6.07) is 0. The Kier molecular flexibility index (Phi) is 52.9. The number of carbonyl (C=O) groups excluding carboxylic acids is 3. The molecule has 424 valence electrons. The number of carbonyl (C=O) groups is 3. The van der Waals surface area contributed by atoms with Crippen LogP contribution in [0.15, 0.2) is 97.2 Å². The number of esters is 3. The van der Waals surface area contributed by atoms with Crippen molar-refractivity contribution in [1.29, 1.82) is 0 Å². The standard InChI is InChI=1S/C62H105O11P/c1-4-7-10-13-16-19-22-25-27-28-29-30-32-35-38-41-44-47-50-53-62(66)73-59(55-69-60(64)51-48-45-42-39-36-34-31-26-23-20-17-14-11-8-5-2)57-71-74(67,68)70-56-58(54-63)72-61(65)52-49-46-43-40-37-33-24-21-18-15-12-9-6-3/h9,12,16-21,25-27,31,33,37,43,46,58-59,63H,4-8,10-11,13-15,22-24,28-30,32,34-36,38-42,44-45,47-57H2,1-3H3,(H,67,68)/b12-9-,19-16-,20-17-,21-18-,27-25-,31-26-,37-33-,46-43-. The van der Waals surface area contributed by atoms with Gasteiger partial charge in [0.15, 0.2) is 6.10 Å². The molecule has 2 N–H and O–H groups in total. The molecule has 0 rings (SSSR count). The summed E-state index contributed by atoms with van der Waals surface area (Å²) in [7, 11) is -4.77. The molecule has 0 aromatic heterocycles. The summed E-state index contributed by atoms with van der Waals surface area (Å²) in [5.74, 6) is -1.58. The predicted octanol–water partition coefficient (Wildman–Crippen LogP) is 17.3. The van der Waals surface area contributed by atoms with Crippen molar-refractivity contribution in [3.63, 3.8) is 0 Å². The maximum absolute atomic E-state index is 12.9. The maximum Gasteiger partial charge on any atom is 0.472 e. The van der Waals surface area contributed by atoms with Crippen molar-refractivity contribution >= 4 is 25.7 Å². The predicted molar refractivity (Wildman–Crippen MR) is 307 cm³/mol. The lowest BCUT2D eigenvalue weighted by atomic mass is 10.1. The first-order valence-electron chi connectivity index (χ1n) is 29.1. The van der Waals surface area contributed by atoms with Crippen LogP contribution in [-0.4, -0.2) is 66.5 Å². The number of aliphatic hydroxyl groups is 1. The Morgan fingerprint density at radius 3 is 1.16 bits per heavy atom. The molecule has 0 heterocycles. The lowest BCUT2D eigenvalue weighted by molar-refractivity contribution is -0.161. The van der Waals surface area contributed by atoms with E-state index in [0.29, 0.717) is 19.3 Å². The van der Waals surface area contributed by atoms with Crippen LogP contribution >= 0.6 is 7.82 Å². The number of ether oxygens (including phenoxy) is 3. The highest BCUT2D eigenvalue weighted by atomic mass is 31.2. The molecule has 0 aromatic rings. The number of aliphatic hydroxyl groups excluding tert-OH is 1. The molecule has 0 radical (unpaired) electrons. The Hall–Kier alpha value is -3.60. The van der Waals surface area contributed by atoms with E-state index in [4.69, 9.17) is 23.3 Å². The Labute approximate surface area is 451 Å². The van der Waals surface area contributed by atoms with E-state index >= 15 is 0 Å². The number of allylic oxidation sites excluding steroid dienone is 16. The normalized spacial score (nSPS) is 14.1. The zero-order valence-corrected chi connectivity index (χ0v) is 47.7. The van der Waals surface area contributed by atoms with Gasteiger partial charge in [0.1, 0.15) is 12.7 Å². The number of rotatable bonds is 53. The van der Waals surface area contributed by atoms with E-state index in [-0.39, 0.29) is 25.9 Å². The van der Waals surface area contributed by atoms with Gasteiger partial charge >= 0.3 is 25.7 Å². The van der Waals surface area contributed by atoms with Gasteiger partial charge in [-0.15, -0.1) is 0 Å². The van der Waals surface area contributed by atoms with Crippen molar-refractivity contribution in [2.24, 2.45) is 0 Å². The Morgan fingerprint density at radius 2 is 0.730 bits per heavy atom. The summed E-state index contributed by atoms with van der Waals surface area (Å²) >= 11 is 0. The summed E-state index contributed by atoms with van der Waals surface area (Å²) in [5, 5.41) is 9.79. The van der Waals surface area contributed by atoms with E-state index < -0.39 is 57.8 Å². The van der Waals surface area contributed by atoms with E-state index in [2.05, 4.69) is 106 Å². The highest BCUT2D eigenvalue weighted by Gasteiger charge is 2.28. The topological polar surface area (TPSA) is 155 Å². The molecule has 74 heavy (non-hydrogen) atoms. The van der Waals surface area contributed by atoms with E-state index in [0.717, 1.165) is 103 Å². The van der Waals surface area contributed by atoms with Crippen LogP contribution in [0.2, 0.25) is 0 Å². The molecule has 0 aliphatic heterocycles. The minimum absolute atomic E-state index is 0.0515. The quantitative estimate of drug-likeness (QED) is 0.0197. The second kappa shape index (κ2) is 55.6. The molecule has 0 bridgehead atoms. The SMILES string of the molecule is CC/C=C\C/C=C\C/C=C\C/C=C\CCC(=O)OC(CO)COP(=O)(O)OCC(COC(=O)CCCCCCC/C=C\C/C=C\CCCCC)OC(=O)CCCCCCCCCCC/C=C\C/C=C\CCCCC. The molecular weight excluding hydrogens is 952 g/mol. The summed E-state index contributed by atoms with van der Waals surface area (Å²) in [4.78, 5) is 48.5. The Morgan fingerprint density at radius 1 is 0.392 bits per heavy atom. The number of phosphoric ester groups is 1. The first-order valence-corrected chi connectivity index (χ1v) is 30.6. The fourth-order valence-electron chi connectivity index (χ4n) is 7.55. The van der Waals surface area contributed by atoms with Gasteiger partial charge in [-0.3, -0.25) is 23.4 Å². The van der Waals surface area contributed by atoms with Crippen molar-refractivity contribution in [1.82, 2.24) is 0 Å². The van der Waals surface area contributed by atoms with Gasteiger partial charge in [0, 0.05) is 19.3 Å². The smallest absolute Gasteiger partial charge is 0.462 e. The van der Waals surface area contributed by atoms with Crippen LogP contribution in [0.5, 0.6) is 0 Å². The van der Waals surface area contributed by atoms with Crippen molar-refractivity contribution < 1.29 is 52.2 Å². The monoisotopic (exact) mass is 1060 g/mol. The molecule has 0 spiro atoms. The lowest BCUT2D eigenvalue weighted by Crippen LogP contribution is -2.30. The van der Waals surface area contributed by atoms with Crippen molar-refractivity contribution in [3.05, 3.63) is 97.2 Å². The minimum atomic E-state index is -4.77. The maximum atomic E-state index is 12.9. The van der Waals surface area contributed by atoms with Crippen LogP contribution in [0.25, 0.3) is 0 Å². The molecule has 3 atom stereocenters. The van der Waals surface area contributed by atoms with E-state index in [1.807, 2.05) is 12.2 Å². The average molecular weight is 1060 g/mol. The number of hydrogen-bond acceptors (Lipinski definition) is 10. The summed E-state index contributed by atoms with van der Waals surface area (Å²) in [6.45, 7) is 4.37. The van der Waals surface area contributed by atoms with Gasteiger partial charge in [0.25, 0.3) is 0 Å². The second-order valence-corrected chi connectivity index (χ2v) is 20.5. The third-order valence-electron chi connectivity index (χ3n) is 12.0. The third kappa shape index (κ3) is 53.2. The lowest BCUT2D eigenvalue weighted by Gasteiger charge is -2.21. The van der Waals surface area contributed by atoms with E-state index in [9.17, 15) is 28.9 Å². The van der Waals surface area contributed by atoms with Crippen molar-refractivity contribution in [2.45, 2.75) is 251 Å². The van der Waals surface area contributed by atoms with Crippen LogP contribution in [0.1, 0.15) is 239 Å². The molecular formula is C62H105O11P. The molecule has 0 amide bonds. The van der Waals surface area contributed by atoms with Gasteiger partial charge < -0.3 is 24.2 Å². The highest BCUT2D eigenvalue weighted by Crippen LogP contribution is 2.43. The van der Waals surface area contributed by atoms with Crippen LogP contribution in [0, 0.1) is 0 Å². The Bertz CT molecular complexity index is 1610. The van der Waals surface area contributed by atoms with Crippen LogP contribution < -0.4 is 0 Å². The largest absolute Gasteiger partial charge is 0.472 e. The number of phosphoric acid groups is 1. The van der Waals surface area contributed by atoms with Gasteiger partial charge in [-0.1, -0.05) is 208 Å². The fraction of sp³-hybridized carbons (Fsp3) is 0.694. The minimum Gasteiger partial charge on any atom is -0.462 e. The summed E-state index contributed by atoms with van der Waals surface area (Å²) < 4.78 is 39.4. The van der Waals surface area contributed by atoms with Gasteiger partial charge in [-0.2, -0.15) is 0 Å². The van der Waals surface area contributed by atoms with Crippen molar-refractivity contribution in [3.8, 4) is 0 Å². The van der Waals surface area contributed by atoms with Gasteiger partial charge in [-0.25, -0.2) is 4.57 Å². The summed E-state index contributed by atoms with van der Waals surface area (Å²) in [6.07, 6.45) is 65.2.